The van der Waals surface area contributed by atoms with Crippen molar-refractivity contribution in [3.8, 4) is 11.1 Å². The number of benzene rings is 2. The van der Waals surface area contributed by atoms with Gasteiger partial charge in [0.2, 0.25) is 5.95 Å². The molecule has 7 nitrogen and oxygen atoms in total. The molecule has 0 atom stereocenters. The Bertz CT molecular complexity index is 1290. The van der Waals surface area contributed by atoms with Gasteiger partial charge < -0.3 is 20.2 Å². The Balaban J connectivity index is 1.15. The monoisotopic (exact) mass is 511 g/mol. The maximum absolute atomic E-state index is 12.5. The molecule has 198 valence electrons. The zero-order valence-electron chi connectivity index (χ0n) is 22.4. The van der Waals surface area contributed by atoms with E-state index < -0.39 is 6.09 Å². The van der Waals surface area contributed by atoms with Gasteiger partial charge in [0, 0.05) is 44.2 Å². The summed E-state index contributed by atoms with van der Waals surface area (Å²) in [4.78, 5) is 26.1. The number of hydrogen-bond donors (Lipinski definition) is 2. The molecule has 1 heterocycles. The minimum Gasteiger partial charge on any atom is -0.465 e. The molecule has 3 aliphatic rings. The van der Waals surface area contributed by atoms with Crippen molar-refractivity contribution >= 4 is 17.9 Å². The Hall–Kier alpha value is -3.61. The first-order valence-corrected chi connectivity index (χ1v) is 14.0. The summed E-state index contributed by atoms with van der Waals surface area (Å²) in [7, 11) is 4.10. The fourth-order valence-electron chi connectivity index (χ4n) is 6.76. The molecule has 3 aliphatic carbocycles. The van der Waals surface area contributed by atoms with Gasteiger partial charge in [0.05, 0.1) is 5.69 Å². The van der Waals surface area contributed by atoms with Crippen LogP contribution in [0.1, 0.15) is 66.8 Å². The maximum Gasteiger partial charge on any atom is 0.407 e. The molecular weight excluding hydrogens is 474 g/mol. The summed E-state index contributed by atoms with van der Waals surface area (Å²) in [6.07, 6.45) is 7.12. The molecular formula is C31H37N5O2. The lowest BCUT2D eigenvalue weighted by Crippen LogP contribution is -2.45. The molecule has 38 heavy (non-hydrogen) atoms. The van der Waals surface area contributed by atoms with Crippen LogP contribution in [0.5, 0.6) is 0 Å². The van der Waals surface area contributed by atoms with Crippen molar-refractivity contribution in [2.75, 3.05) is 30.9 Å². The van der Waals surface area contributed by atoms with Gasteiger partial charge in [-0.1, -0.05) is 48.5 Å². The molecule has 0 unspecified atom stereocenters. The van der Waals surface area contributed by atoms with Crippen LogP contribution in [-0.4, -0.2) is 58.8 Å². The van der Waals surface area contributed by atoms with Gasteiger partial charge in [-0.05, 0) is 73.6 Å². The van der Waals surface area contributed by atoms with E-state index in [1.807, 2.05) is 14.1 Å². The lowest BCUT2D eigenvalue weighted by atomic mass is 9.88. The Morgan fingerprint density at radius 1 is 0.921 bits per heavy atom. The van der Waals surface area contributed by atoms with Gasteiger partial charge in [0.25, 0.3) is 0 Å². The number of aromatic nitrogens is 2. The molecule has 1 amide bonds. The van der Waals surface area contributed by atoms with Crippen LogP contribution in [0.2, 0.25) is 0 Å². The Labute approximate surface area is 224 Å². The molecule has 0 spiro atoms. The minimum absolute atomic E-state index is 0.0206. The molecule has 7 heteroatoms. The molecule has 0 bridgehead atoms. The van der Waals surface area contributed by atoms with E-state index in [1.54, 1.807) is 4.90 Å². The second-order valence-corrected chi connectivity index (χ2v) is 11.2. The number of carbonyl (C=O) groups is 1. The first-order chi connectivity index (χ1) is 18.5. The predicted octanol–water partition coefficient (Wildman–Crippen LogP) is 5.94. The predicted molar refractivity (Wildman–Crippen MR) is 151 cm³/mol. The highest BCUT2D eigenvalue weighted by atomic mass is 16.4. The number of carboxylic acid groups (broad SMARTS) is 1. The Morgan fingerprint density at radius 3 is 2.18 bits per heavy atom. The van der Waals surface area contributed by atoms with E-state index >= 15 is 0 Å². The van der Waals surface area contributed by atoms with Crippen LogP contribution in [0.3, 0.4) is 0 Å². The normalized spacial score (nSPS) is 20.3. The highest BCUT2D eigenvalue weighted by Crippen LogP contribution is 2.45. The quantitative estimate of drug-likeness (QED) is 0.426. The number of rotatable bonds is 6. The summed E-state index contributed by atoms with van der Waals surface area (Å²) >= 11 is 0. The van der Waals surface area contributed by atoms with E-state index in [1.165, 1.54) is 46.4 Å². The number of nitrogens with zero attached hydrogens (tertiary/aromatic N) is 4. The van der Waals surface area contributed by atoms with Crippen molar-refractivity contribution in [3.05, 3.63) is 70.9 Å². The van der Waals surface area contributed by atoms with Gasteiger partial charge in [0.1, 0.15) is 5.82 Å². The average Bonchev–Trinajstić information content (AvgIpc) is 3.25. The number of aryl methyl sites for hydroxylation is 1. The third-order valence-electron chi connectivity index (χ3n) is 8.64. The fraction of sp³-hybridized carbons (Fsp3) is 0.452. The minimum atomic E-state index is -0.822. The van der Waals surface area contributed by atoms with E-state index in [-0.39, 0.29) is 18.0 Å². The number of anilines is 2. The second kappa shape index (κ2) is 10.3. The van der Waals surface area contributed by atoms with Crippen LogP contribution in [-0.2, 0) is 12.8 Å². The Kier molecular flexibility index (Phi) is 6.68. The average molecular weight is 512 g/mol. The molecule has 0 aliphatic heterocycles. The lowest BCUT2D eigenvalue weighted by Gasteiger charge is -2.37. The van der Waals surface area contributed by atoms with E-state index in [9.17, 15) is 9.90 Å². The molecule has 1 fully saturated rings. The van der Waals surface area contributed by atoms with Gasteiger partial charge in [0.15, 0.2) is 0 Å². The number of hydrogen-bond acceptors (Lipinski definition) is 5. The molecule has 2 N–H and O–H groups in total. The topological polar surface area (TPSA) is 81.6 Å². The van der Waals surface area contributed by atoms with Gasteiger partial charge in [-0.3, -0.25) is 0 Å². The molecule has 3 aromatic rings. The number of fused-ring (bicyclic) bond motifs is 4. The fourth-order valence-corrected chi connectivity index (χ4v) is 6.76. The molecule has 0 saturated heterocycles. The van der Waals surface area contributed by atoms with E-state index in [0.29, 0.717) is 12.5 Å². The summed E-state index contributed by atoms with van der Waals surface area (Å²) in [6, 6.07) is 17.1. The highest BCUT2D eigenvalue weighted by molar-refractivity contribution is 5.79. The van der Waals surface area contributed by atoms with E-state index in [2.05, 4.69) is 58.7 Å². The largest absolute Gasteiger partial charge is 0.465 e. The van der Waals surface area contributed by atoms with Crippen LogP contribution in [0.15, 0.2) is 48.5 Å². The van der Waals surface area contributed by atoms with Crippen molar-refractivity contribution in [1.29, 1.82) is 0 Å². The second-order valence-electron chi connectivity index (χ2n) is 11.2. The van der Waals surface area contributed by atoms with Crippen molar-refractivity contribution in [1.82, 2.24) is 14.9 Å². The van der Waals surface area contributed by atoms with Crippen LogP contribution >= 0.6 is 0 Å². The van der Waals surface area contributed by atoms with Crippen LogP contribution in [0.25, 0.3) is 11.1 Å². The first-order valence-electron chi connectivity index (χ1n) is 14.0. The van der Waals surface area contributed by atoms with Crippen LogP contribution in [0.4, 0.5) is 16.6 Å². The third-order valence-corrected chi connectivity index (χ3v) is 8.64. The van der Waals surface area contributed by atoms with E-state index in [4.69, 9.17) is 9.97 Å². The summed E-state index contributed by atoms with van der Waals surface area (Å²) in [5.41, 5.74) is 7.40. The van der Waals surface area contributed by atoms with Gasteiger partial charge >= 0.3 is 6.09 Å². The maximum atomic E-state index is 12.5. The summed E-state index contributed by atoms with van der Waals surface area (Å²) in [6.45, 7) is 0.492. The lowest BCUT2D eigenvalue weighted by molar-refractivity contribution is 0.108. The highest BCUT2D eigenvalue weighted by Gasteiger charge is 2.35. The molecule has 1 aromatic heterocycles. The zero-order chi connectivity index (χ0) is 26.2. The van der Waals surface area contributed by atoms with E-state index in [0.717, 1.165) is 44.3 Å². The van der Waals surface area contributed by atoms with Gasteiger partial charge in [-0.25, -0.2) is 9.78 Å². The van der Waals surface area contributed by atoms with Crippen molar-refractivity contribution < 1.29 is 9.90 Å². The van der Waals surface area contributed by atoms with Crippen molar-refractivity contribution in [2.24, 2.45) is 0 Å². The van der Waals surface area contributed by atoms with Crippen LogP contribution < -0.4 is 10.2 Å². The van der Waals surface area contributed by atoms with Crippen molar-refractivity contribution in [3.63, 3.8) is 0 Å². The summed E-state index contributed by atoms with van der Waals surface area (Å²) in [5.74, 6) is 1.81. The number of amides is 1. The molecule has 1 saturated carbocycles. The first kappa shape index (κ1) is 24.7. The SMILES string of the molecule is CN(C)c1nc(N[C@H]2CC[C@@H](N(CC3c4ccccc4-c4ccccc43)C(=O)O)CC2)nc2c1CCCC2. The number of nitrogens with one attached hydrogen (secondary N) is 1. The standard InChI is InChI=1S/C31H37N5O2/c1-35(2)29-26-13-7-8-14-28(26)33-30(34-29)32-20-15-17-21(18-16-20)36(31(37)38)19-27-24-11-5-3-9-22(24)23-10-4-6-12-25(23)27/h3-6,9-12,20-21,27H,7-8,13-19H2,1-2H3,(H,37,38)(H,32,33,34)/t20-,21+. The molecule has 2 aromatic carbocycles. The molecule has 0 radical (unpaired) electrons. The Morgan fingerprint density at radius 2 is 1.55 bits per heavy atom. The third kappa shape index (κ3) is 4.59. The summed E-state index contributed by atoms with van der Waals surface area (Å²) in [5, 5.41) is 13.9. The summed E-state index contributed by atoms with van der Waals surface area (Å²) < 4.78 is 0. The van der Waals surface area contributed by atoms with Crippen molar-refractivity contribution in [2.45, 2.75) is 69.4 Å². The van der Waals surface area contributed by atoms with Gasteiger partial charge in [-0.2, -0.15) is 4.98 Å². The zero-order valence-corrected chi connectivity index (χ0v) is 22.4. The van der Waals surface area contributed by atoms with Gasteiger partial charge in [-0.15, -0.1) is 0 Å². The smallest absolute Gasteiger partial charge is 0.407 e. The van der Waals surface area contributed by atoms with Crippen LogP contribution in [0, 0.1) is 0 Å². The molecule has 6 rings (SSSR count).